The molecular weight excluding hydrogens is 382 g/mol. The van der Waals surface area contributed by atoms with Crippen LogP contribution in [0.5, 0.6) is 0 Å². The number of rotatable bonds is 5. The molecule has 1 aromatic carbocycles. The largest absolute Gasteiger partial charge is 0.378 e. The molecule has 8 nitrogen and oxygen atoms in total. The summed E-state index contributed by atoms with van der Waals surface area (Å²) in [5.41, 5.74) is 2.18. The zero-order chi connectivity index (χ0) is 20.8. The minimum atomic E-state index is -0.0413. The highest BCUT2D eigenvalue weighted by Crippen LogP contribution is 2.20. The summed E-state index contributed by atoms with van der Waals surface area (Å²) in [5.74, 6) is 0.248. The Bertz CT molecular complexity index is 823. The van der Waals surface area contributed by atoms with Gasteiger partial charge in [0.25, 0.3) is 0 Å². The average molecular weight is 412 g/mol. The van der Waals surface area contributed by atoms with Crippen molar-refractivity contribution in [1.29, 1.82) is 0 Å². The van der Waals surface area contributed by atoms with Gasteiger partial charge in [0.15, 0.2) is 0 Å². The molecule has 0 spiro atoms. The summed E-state index contributed by atoms with van der Waals surface area (Å²) >= 11 is 0. The number of piperidine rings is 1. The van der Waals surface area contributed by atoms with Crippen molar-refractivity contribution in [2.24, 2.45) is 5.92 Å². The van der Waals surface area contributed by atoms with Crippen molar-refractivity contribution in [3.05, 3.63) is 48.3 Å². The fourth-order valence-corrected chi connectivity index (χ4v) is 4.03. The molecule has 0 bridgehead atoms. The number of likely N-dealkylation sites (tertiary alicyclic amines) is 1. The molecule has 0 aliphatic carbocycles. The maximum Gasteiger partial charge on any atom is 0.317 e. The topological polar surface area (TPSA) is 79.7 Å². The molecule has 0 saturated carbocycles. The van der Waals surface area contributed by atoms with Crippen LogP contribution in [-0.4, -0.2) is 77.5 Å². The van der Waals surface area contributed by atoms with Crippen LogP contribution in [0.2, 0.25) is 0 Å². The number of nitrogens with one attached hydrogen (secondary N) is 1. The summed E-state index contributed by atoms with van der Waals surface area (Å²) in [7, 11) is 0. The van der Waals surface area contributed by atoms with Crippen molar-refractivity contribution in [2.45, 2.75) is 19.3 Å². The maximum atomic E-state index is 12.6. The van der Waals surface area contributed by atoms with Crippen molar-refractivity contribution in [2.75, 3.05) is 45.9 Å². The highest BCUT2D eigenvalue weighted by atomic mass is 16.5. The second-order valence-electron chi connectivity index (χ2n) is 7.80. The van der Waals surface area contributed by atoms with Gasteiger partial charge in [0.1, 0.15) is 0 Å². The highest BCUT2D eigenvalue weighted by Gasteiger charge is 2.30. The van der Waals surface area contributed by atoms with Gasteiger partial charge < -0.3 is 19.9 Å². The number of ether oxygens (including phenoxy) is 1. The lowest BCUT2D eigenvalue weighted by Gasteiger charge is -2.35. The predicted octanol–water partition coefficient (Wildman–Crippen LogP) is 1.70. The molecule has 0 radical (unpaired) electrons. The summed E-state index contributed by atoms with van der Waals surface area (Å²) in [6.07, 6.45) is 5.91. The van der Waals surface area contributed by atoms with E-state index in [1.54, 1.807) is 6.20 Å². The van der Waals surface area contributed by atoms with E-state index in [4.69, 9.17) is 4.74 Å². The smallest absolute Gasteiger partial charge is 0.317 e. The Balaban J connectivity index is 1.17. The van der Waals surface area contributed by atoms with Gasteiger partial charge in [0.2, 0.25) is 5.91 Å². The molecule has 4 rings (SSSR count). The van der Waals surface area contributed by atoms with Crippen LogP contribution < -0.4 is 5.32 Å². The number of aromatic nitrogens is 2. The average Bonchev–Trinajstić information content (AvgIpc) is 3.35. The molecule has 0 unspecified atom stereocenters. The summed E-state index contributed by atoms with van der Waals surface area (Å²) in [5, 5.41) is 7.23. The molecular formula is C22H29N5O3. The zero-order valence-corrected chi connectivity index (χ0v) is 17.2. The Hall–Kier alpha value is -2.87. The number of hydrogen-bond donors (Lipinski definition) is 1. The van der Waals surface area contributed by atoms with Gasteiger partial charge in [-0.1, -0.05) is 12.1 Å². The van der Waals surface area contributed by atoms with Crippen LogP contribution in [0.25, 0.3) is 5.69 Å². The minimum Gasteiger partial charge on any atom is -0.378 e. The van der Waals surface area contributed by atoms with Gasteiger partial charge in [-0.05, 0) is 43.0 Å². The van der Waals surface area contributed by atoms with Crippen molar-refractivity contribution in [3.63, 3.8) is 0 Å². The first-order chi connectivity index (χ1) is 14.7. The number of amides is 3. The summed E-state index contributed by atoms with van der Waals surface area (Å²) in [6.45, 7) is 4.46. The molecule has 160 valence electrons. The first-order valence-electron chi connectivity index (χ1n) is 10.7. The Labute approximate surface area is 176 Å². The minimum absolute atomic E-state index is 0.0282. The van der Waals surface area contributed by atoms with E-state index in [-0.39, 0.29) is 17.9 Å². The maximum absolute atomic E-state index is 12.6. The normalized spacial score (nSPS) is 17.7. The Morgan fingerprint density at radius 3 is 2.43 bits per heavy atom. The van der Waals surface area contributed by atoms with Crippen LogP contribution in [0, 0.1) is 5.92 Å². The third-order valence-electron chi connectivity index (χ3n) is 5.85. The van der Waals surface area contributed by atoms with Gasteiger partial charge in [-0.3, -0.25) is 4.79 Å². The fourth-order valence-electron chi connectivity index (χ4n) is 4.03. The third kappa shape index (κ3) is 4.99. The molecule has 1 aromatic heterocycles. The fraction of sp³-hybridized carbons (Fsp3) is 0.500. The molecule has 2 saturated heterocycles. The van der Waals surface area contributed by atoms with Crippen molar-refractivity contribution in [3.8, 4) is 5.69 Å². The van der Waals surface area contributed by atoms with Gasteiger partial charge in [-0.15, -0.1) is 0 Å². The molecule has 2 aromatic rings. The van der Waals surface area contributed by atoms with Crippen LogP contribution in [0.4, 0.5) is 4.79 Å². The van der Waals surface area contributed by atoms with E-state index in [0.29, 0.717) is 45.9 Å². The molecule has 2 aliphatic heterocycles. The highest BCUT2D eigenvalue weighted by molar-refractivity contribution is 5.80. The van der Waals surface area contributed by atoms with Gasteiger partial charge >= 0.3 is 6.03 Å². The molecule has 3 amide bonds. The third-order valence-corrected chi connectivity index (χ3v) is 5.85. The van der Waals surface area contributed by atoms with Crippen molar-refractivity contribution < 1.29 is 14.3 Å². The van der Waals surface area contributed by atoms with Gasteiger partial charge in [-0.2, -0.15) is 5.10 Å². The molecule has 3 heterocycles. The molecule has 2 fully saturated rings. The standard InChI is InChI=1S/C22H29N5O3/c28-21(25-14-16-30-17-15-25)19-7-12-26(13-8-19)22(29)23-10-6-18-2-4-20(5-3-18)27-11-1-9-24-27/h1-5,9,11,19H,6-8,10,12-17H2,(H,23,29). The number of nitrogens with zero attached hydrogens (tertiary/aromatic N) is 4. The van der Waals surface area contributed by atoms with Gasteiger partial charge in [-0.25, -0.2) is 9.48 Å². The Kier molecular flexibility index (Phi) is 6.63. The SMILES string of the molecule is O=C(NCCc1ccc(-n2cccn2)cc1)N1CCC(C(=O)N2CCOCC2)CC1. The second-order valence-corrected chi connectivity index (χ2v) is 7.80. The van der Waals surface area contributed by atoms with Crippen molar-refractivity contribution in [1.82, 2.24) is 24.9 Å². The Morgan fingerprint density at radius 2 is 1.77 bits per heavy atom. The van der Waals surface area contributed by atoms with E-state index in [1.807, 2.05) is 38.9 Å². The summed E-state index contributed by atoms with van der Waals surface area (Å²) < 4.78 is 7.14. The Morgan fingerprint density at radius 1 is 1.03 bits per heavy atom. The lowest BCUT2D eigenvalue weighted by atomic mass is 9.95. The van der Waals surface area contributed by atoms with E-state index in [0.717, 1.165) is 24.9 Å². The van der Waals surface area contributed by atoms with Crippen LogP contribution >= 0.6 is 0 Å². The van der Waals surface area contributed by atoms with E-state index in [2.05, 4.69) is 22.5 Å². The van der Waals surface area contributed by atoms with E-state index in [1.165, 1.54) is 5.56 Å². The number of carbonyl (C=O) groups excluding carboxylic acids is 2. The van der Waals surface area contributed by atoms with E-state index >= 15 is 0 Å². The first kappa shape index (κ1) is 20.4. The van der Waals surface area contributed by atoms with Crippen LogP contribution in [0.15, 0.2) is 42.7 Å². The molecule has 30 heavy (non-hydrogen) atoms. The number of morpholine rings is 1. The molecule has 2 aliphatic rings. The van der Waals surface area contributed by atoms with Crippen LogP contribution in [0.3, 0.4) is 0 Å². The number of urea groups is 1. The monoisotopic (exact) mass is 411 g/mol. The van der Waals surface area contributed by atoms with Crippen LogP contribution in [0.1, 0.15) is 18.4 Å². The molecule has 8 heteroatoms. The predicted molar refractivity (Wildman–Crippen MR) is 112 cm³/mol. The number of benzene rings is 1. The molecule has 0 atom stereocenters. The summed E-state index contributed by atoms with van der Waals surface area (Å²) in [4.78, 5) is 28.8. The van der Waals surface area contributed by atoms with Gasteiger partial charge in [0, 0.05) is 51.0 Å². The second kappa shape index (κ2) is 9.75. The number of carbonyl (C=O) groups is 2. The lowest BCUT2D eigenvalue weighted by Crippen LogP contribution is -2.49. The lowest BCUT2D eigenvalue weighted by molar-refractivity contribution is -0.141. The molecule has 1 N–H and O–H groups in total. The van der Waals surface area contributed by atoms with E-state index in [9.17, 15) is 9.59 Å². The summed E-state index contributed by atoms with van der Waals surface area (Å²) in [6, 6.07) is 10.0. The van der Waals surface area contributed by atoms with Crippen LogP contribution in [-0.2, 0) is 16.0 Å². The van der Waals surface area contributed by atoms with E-state index < -0.39 is 0 Å². The number of hydrogen-bond acceptors (Lipinski definition) is 4. The quantitative estimate of drug-likeness (QED) is 0.812. The first-order valence-corrected chi connectivity index (χ1v) is 10.7. The zero-order valence-electron chi connectivity index (χ0n) is 17.2. The van der Waals surface area contributed by atoms with Crippen molar-refractivity contribution >= 4 is 11.9 Å². The van der Waals surface area contributed by atoms with Gasteiger partial charge in [0.05, 0.1) is 18.9 Å².